The fraction of sp³-hybridized carbons (Fsp3) is 0.522. The maximum atomic E-state index is 13.1. The summed E-state index contributed by atoms with van der Waals surface area (Å²) in [6.07, 6.45) is 1.97. The van der Waals surface area contributed by atoms with Crippen molar-refractivity contribution in [2.75, 3.05) is 34.0 Å². The Labute approximate surface area is 177 Å². The number of allylic oxidation sites excluding steroid dienone is 2. The molecule has 0 amide bonds. The van der Waals surface area contributed by atoms with Crippen LogP contribution in [0.4, 0.5) is 0 Å². The normalized spacial score (nSPS) is 21.1. The van der Waals surface area contributed by atoms with Gasteiger partial charge in [-0.2, -0.15) is 0 Å². The molecule has 1 aromatic rings. The van der Waals surface area contributed by atoms with E-state index < -0.39 is 17.8 Å². The van der Waals surface area contributed by atoms with E-state index in [9.17, 15) is 9.59 Å². The van der Waals surface area contributed by atoms with Gasteiger partial charge in [-0.1, -0.05) is 6.07 Å². The first-order valence-electron chi connectivity index (χ1n) is 10.3. The summed E-state index contributed by atoms with van der Waals surface area (Å²) in [5.74, 6) is -0.373. The summed E-state index contributed by atoms with van der Waals surface area (Å²) >= 11 is 0. The number of esters is 1. The lowest BCUT2D eigenvalue weighted by molar-refractivity contribution is -0.148. The maximum Gasteiger partial charge on any atom is 0.315 e. The predicted octanol–water partition coefficient (Wildman–Crippen LogP) is 3.46. The van der Waals surface area contributed by atoms with Crippen LogP contribution < -0.4 is 9.47 Å². The zero-order chi connectivity index (χ0) is 21.7. The van der Waals surface area contributed by atoms with Gasteiger partial charge in [0.1, 0.15) is 12.5 Å². The fourth-order valence-corrected chi connectivity index (χ4v) is 4.15. The van der Waals surface area contributed by atoms with E-state index in [-0.39, 0.29) is 12.4 Å². The van der Waals surface area contributed by atoms with Crippen LogP contribution in [0.3, 0.4) is 0 Å². The minimum atomic E-state index is -0.675. The number of benzene rings is 1. The fourth-order valence-electron chi connectivity index (χ4n) is 4.15. The number of hydrogen-bond acceptors (Lipinski definition) is 7. The molecule has 0 bridgehead atoms. The number of methoxy groups -OCH3 is 2. The highest BCUT2D eigenvalue weighted by Crippen LogP contribution is 2.45. The van der Waals surface area contributed by atoms with E-state index in [0.29, 0.717) is 42.4 Å². The summed E-state index contributed by atoms with van der Waals surface area (Å²) in [5, 5.41) is 0. The van der Waals surface area contributed by atoms with Gasteiger partial charge >= 0.3 is 5.97 Å². The summed E-state index contributed by atoms with van der Waals surface area (Å²) in [5.41, 5.74) is 2.86. The number of nitrogens with zero attached hydrogens (tertiary/aromatic N) is 1. The van der Waals surface area contributed by atoms with Crippen LogP contribution in [0.5, 0.6) is 11.5 Å². The number of aliphatic imine (C=N–C) groups is 1. The number of rotatable bonds is 8. The number of carbonyl (C=O) groups is 2. The van der Waals surface area contributed by atoms with E-state index in [1.165, 1.54) is 0 Å². The van der Waals surface area contributed by atoms with Gasteiger partial charge in [0.2, 0.25) is 0 Å². The van der Waals surface area contributed by atoms with Crippen molar-refractivity contribution < 1.29 is 28.5 Å². The number of ketones is 1. The summed E-state index contributed by atoms with van der Waals surface area (Å²) in [6, 6.07) is 5.49. The van der Waals surface area contributed by atoms with Gasteiger partial charge in [-0.05, 0) is 44.4 Å². The molecule has 0 saturated carbocycles. The monoisotopic (exact) mass is 415 g/mol. The van der Waals surface area contributed by atoms with Gasteiger partial charge in [0, 0.05) is 35.9 Å². The first-order valence-corrected chi connectivity index (χ1v) is 10.3. The Morgan fingerprint density at radius 3 is 2.60 bits per heavy atom. The molecule has 3 rings (SSSR count). The first kappa shape index (κ1) is 22.0. The molecule has 1 unspecified atom stereocenters. The quantitative estimate of drug-likeness (QED) is 0.478. The summed E-state index contributed by atoms with van der Waals surface area (Å²) in [6.45, 7) is 4.76. The van der Waals surface area contributed by atoms with Crippen LogP contribution in [0.1, 0.15) is 44.6 Å². The molecule has 1 aliphatic heterocycles. The average Bonchev–Trinajstić information content (AvgIpc) is 2.75. The SMILES string of the molecule is CCOCCOC(=O)C1C(C)=NC2=C(C(=O)CCC2)[C@@H]1c1ccc(OC)c(OC)c1. The molecule has 0 spiro atoms. The zero-order valence-corrected chi connectivity index (χ0v) is 18.0. The summed E-state index contributed by atoms with van der Waals surface area (Å²) in [7, 11) is 3.13. The van der Waals surface area contributed by atoms with Gasteiger partial charge in [0.25, 0.3) is 0 Å². The second-order valence-electron chi connectivity index (χ2n) is 7.32. The Balaban J connectivity index is 2.03. The van der Waals surface area contributed by atoms with E-state index >= 15 is 0 Å². The van der Waals surface area contributed by atoms with Gasteiger partial charge in [0.05, 0.1) is 20.8 Å². The molecule has 1 aromatic carbocycles. The molecule has 7 nitrogen and oxygen atoms in total. The molecule has 7 heteroatoms. The molecule has 2 atom stereocenters. The van der Waals surface area contributed by atoms with E-state index in [4.69, 9.17) is 18.9 Å². The summed E-state index contributed by atoms with van der Waals surface area (Å²) < 4.78 is 21.6. The highest BCUT2D eigenvalue weighted by atomic mass is 16.6. The van der Waals surface area contributed by atoms with Crippen molar-refractivity contribution in [3.63, 3.8) is 0 Å². The molecular weight excluding hydrogens is 386 g/mol. The number of carbonyl (C=O) groups excluding carboxylic acids is 2. The number of ether oxygens (including phenoxy) is 4. The molecule has 0 radical (unpaired) electrons. The molecule has 1 heterocycles. The van der Waals surface area contributed by atoms with Crippen LogP contribution in [-0.2, 0) is 19.1 Å². The van der Waals surface area contributed by atoms with Crippen LogP contribution >= 0.6 is 0 Å². The van der Waals surface area contributed by atoms with Crippen molar-refractivity contribution in [1.29, 1.82) is 0 Å². The highest BCUT2D eigenvalue weighted by Gasteiger charge is 2.43. The van der Waals surface area contributed by atoms with Gasteiger partial charge in [-0.15, -0.1) is 0 Å². The average molecular weight is 415 g/mol. The molecule has 0 fully saturated rings. The van der Waals surface area contributed by atoms with Gasteiger partial charge in [-0.25, -0.2) is 0 Å². The van der Waals surface area contributed by atoms with Gasteiger partial charge in [0.15, 0.2) is 17.3 Å². The van der Waals surface area contributed by atoms with E-state index in [0.717, 1.165) is 24.1 Å². The third-order valence-corrected chi connectivity index (χ3v) is 5.53. The first-order chi connectivity index (χ1) is 14.5. The van der Waals surface area contributed by atoms with Crippen molar-refractivity contribution in [3.8, 4) is 11.5 Å². The zero-order valence-electron chi connectivity index (χ0n) is 18.0. The molecular formula is C23H29NO6. The largest absolute Gasteiger partial charge is 0.493 e. The maximum absolute atomic E-state index is 13.1. The topological polar surface area (TPSA) is 83.4 Å². The van der Waals surface area contributed by atoms with Crippen LogP contribution in [0.25, 0.3) is 0 Å². The molecule has 0 saturated heterocycles. The van der Waals surface area contributed by atoms with Crippen LogP contribution in [0.2, 0.25) is 0 Å². The minimum Gasteiger partial charge on any atom is -0.493 e. The number of hydrogen-bond donors (Lipinski definition) is 0. The minimum absolute atomic E-state index is 0.0411. The second-order valence-corrected chi connectivity index (χ2v) is 7.32. The van der Waals surface area contributed by atoms with Gasteiger partial charge < -0.3 is 18.9 Å². The second kappa shape index (κ2) is 9.89. The van der Waals surface area contributed by atoms with Crippen molar-refractivity contribution in [2.24, 2.45) is 10.9 Å². The van der Waals surface area contributed by atoms with Crippen LogP contribution in [0, 0.1) is 5.92 Å². The third kappa shape index (κ3) is 4.41. The molecule has 2 aliphatic rings. The smallest absolute Gasteiger partial charge is 0.315 e. The Kier molecular flexibility index (Phi) is 7.26. The Morgan fingerprint density at radius 2 is 1.90 bits per heavy atom. The van der Waals surface area contributed by atoms with Crippen molar-refractivity contribution in [3.05, 3.63) is 35.0 Å². The van der Waals surface area contributed by atoms with Crippen molar-refractivity contribution in [1.82, 2.24) is 0 Å². The van der Waals surface area contributed by atoms with E-state index in [1.54, 1.807) is 20.3 Å². The standard InChI is InChI=1S/C23H29NO6/c1-5-29-11-12-30-23(26)20-14(2)24-16-7-6-8-17(25)22(16)21(20)15-9-10-18(27-3)19(13-15)28-4/h9-10,13,20-21H,5-8,11-12H2,1-4H3/t20?,21-/m1/s1. The molecule has 0 aromatic heterocycles. The van der Waals surface area contributed by atoms with Crippen molar-refractivity contribution >= 4 is 17.5 Å². The highest BCUT2D eigenvalue weighted by molar-refractivity contribution is 6.08. The Bertz CT molecular complexity index is 872. The Hall–Kier alpha value is -2.67. The molecule has 0 N–H and O–H groups in total. The predicted molar refractivity (Wildman–Crippen MR) is 112 cm³/mol. The van der Waals surface area contributed by atoms with Crippen molar-refractivity contribution in [2.45, 2.75) is 39.0 Å². The van der Waals surface area contributed by atoms with Crippen LogP contribution in [0.15, 0.2) is 34.5 Å². The number of Topliss-reactive ketones (excluding diaryl/α,β-unsaturated/α-hetero) is 1. The molecule has 1 aliphatic carbocycles. The molecule has 30 heavy (non-hydrogen) atoms. The Morgan fingerprint density at radius 1 is 1.13 bits per heavy atom. The lowest BCUT2D eigenvalue weighted by Gasteiger charge is -2.34. The lowest BCUT2D eigenvalue weighted by Crippen LogP contribution is -2.37. The van der Waals surface area contributed by atoms with E-state index in [2.05, 4.69) is 4.99 Å². The molecule has 162 valence electrons. The van der Waals surface area contributed by atoms with E-state index in [1.807, 2.05) is 26.0 Å². The van der Waals surface area contributed by atoms with Crippen LogP contribution in [-0.4, -0.2) is 51.5 Å². The lowest BCUT2D eigenvalue weighted by atomic mass is 9.71. The third-order valence-electron chi connectivity index (χ3n) is 5.53. The summed E-state index contributed by atoms with van der Waals surface area (Å²) in [4.78, 5) is 30.6. The van der Waals surface area contributed by atoms with Gasteiger partial charge in [-0.3, -0.25) is 14.6 Å².